The molecule has 1 saturated carbocycles. The highest BCUT2D eigenvalue weighted by atomic mass is 16.5. The number of carboxylic acids is 1. The summed E-state index contributed by atoms with van der Waals surface area (Å²) in [5.74, 6) is 0.0178. The summed E-state index contributed by atoms with van der Waals surface area (Å²) >= 11 is 0. The van der Waals surface area contributed by atoms with Crippen molar-refractivity contribution in [2.24, 2.45) is 11.8 Å². The summed E-state index contributed by atoms with van der Waals surface area (Å²) < 4.78 is 5.51. The fraction of sp³-hybridized carbons (Fsp3) is 0.440. The van der Waals surface area contributed by atoms with Crippen molar-refractivity contribution in [1.82, 2.24) is 5.32 Å². The number of hydrogen-bond donors (Lipinski definition) is 2. The lowest BCUT2D eigenvalue weighted by atomic mass is 9.80. The summed E-state index contributed by atoms with van der Waals surface area (Å²) in [5, 5.41) is 12.2. The second kappa shape index (κ2) is 8.90. The van der Waals surface area contributed by atoms with Crippen LogP contribution in [0.3, 0.4) is 0 Å². The van der Waals surface area contributed by atoms with Crippen LogP contribution in [0.25, 0.3) is 11.1 Å². The number of carbonyl (C=O) groups is 2. The molecule has 5 heteroatoms. The number of nitrogens with one attached hydrogen (secondary N) is 1. The van der Waals surface area contributed by atoms with E-state index in [0.29, 0.717) is 18.3 Å². The molecule has 1 atom stereocenters. The molecule has 0 heterocycles. The number of benzene rings is 2. The zero-order valence-electron chi connectivity index (χ0n) is 17.3. The van der Waals surface area contributed by atoms with Gasteiger partial charge in [0.15, 0.2) is 0 Å². The monoisotopic (exact) mass is 407 g/mol. The van der Waals surface area contributed by atoms with Crippen molar-refractivity contribution in [2.75, 3.05) is 6.61 Å². The summed E-state index contributed by atoms with van der Waals surface area (Å²) in [6.07, 6.45) is 4.11. The Morgan fingerprint density at radius 1 is 1.00 bits per heavy atom. The van der Waals surface area contributed by atoms with Crippen molar-refractivity contribution in [3.8, 4) is 11.1 Å². The third-order valence-electron chi connectivity index (χ3n) is 6.64. The molecule has 158 valence electrons. The summed E-state index contributed by atoms with van der Waals surface area (Å²) in [6.45, 7) is 2.42. The van der Waals surface area contributed by atoms with Gasteiger partial charge in [0.1, 0.15) is 12.6 Å². The number of carboxylic acid groups (broad SMARTS) is 1. The van der Waals surface area contributed by atoms with E-state index in [2.05, 4.69) is 36.5 Å². The molecule has 2 aromatic rings. The largest absolute Gasteiger partial charge is 0.480 e. The first-order valence-corrected chi connectivity index (χ1v) is 10.9. The molecule has 0 saturated heterocycles. The van der Waals surface area contributed by atoms with Gasteiger partial charge in [-0.1, -0.05) is 81.1 Å². The van der Waals surface area contributed by atoms with E-state index in [-0.39, 0.29) is 12.5 Å². The van der Waals surface area contributed by atoms with E-state index in [0.717, 1.165) is 47.9 Å². The van der Waals surface area contributed by atoms with Crippen LogP contribution in [0.1, 0.15) is 56.1 Å². The van der Waals surface area contributed by atoms with E-state index in [1.807, 2.05) is 24.3 Å². The van der Waals surface area contributed by atoms with Gasteiger partial charge in [-0.25, -0.2) is 9.59 Å². The van der Waals surface area contributed by atoms with Crippen molar-refractivity contribution < 1.29 is 19.4 Å². The van der Waals surface area contributed by atoms with Crippen molar-refractivity contribution in [2.45, 2.75) is 51.0 Å². The first kappa shape index (κ1) is 20.5. The highest BCUT2D eigenvalue weighted by Crippen LogP contribution is 2.44. The molecule has 0 aromatic heterocycles. The van der Waals surface area contributed by atoms with Crippen LogP contribution in [0.4, 0.5) is 4.79 Å². The fourth-order valence-corrected chi connectivity index (χ4v) is 4.90. The molecule has 0 aliphatic heterocycles. The van der Waals surface area contributed by atoms with Crippen LogP contribution in [0, 0.1) is 11.8 Å². The van der Waals surface area contributed by atoms with E-state index in [4.69, 9.17) is 4.74 Å². The van der Waals surface area contributed by atoms with Crippen LogP contribution >= 0.6 is 0 Å². The molecule has 2 aliphatic rings. The number of ether oxygens (including phenoxy) is 1. The van der Waals surface area contributed by atoms with Gasteiger partial charge in [0.05, 0.1) is 0 Å². The minimum atomic E-state index is -0.998. The molecule has 1 fully saturated rings. The third-order valence-corrected chi connectivity index (χ3v) is 6.64. The number of carbonyl (C=O) groups excluding carboxylic acids is 1. The molecule has 4 rings (SSSR count). The predicted octanol–water partition coefficient (Wildman–Crippen LogP) is 5.19. The molecule has 0 radical (unpaired) electrons. The third kappa shape index (κ3) is 4.35. The smallest absolute Gasteiger partial charge is 0.407 e. The average Bonchev–Trinajstić information content (AvgIpc) is 3.07. The Morgan fingerprint density at radius 3 is 2.13 bits per heavy atom. The van der Waals surface area contributed by atoms with Crippen molar-refractivity contribution in [3.05, 3.63) is 59.7 Å². The number of amides is 1. The van der Waals surface area contributed by atoms with Gasteiger partial charge in [-0.15, -0.1) is 0 Å². The number of fused-ring (bicyclic) bond motifs is 3. The van der Waals surface area contributed by atoms with Crippen LogP contribution < -0.4 is 5.32 Å². The van der Waals surface area contributed by atoms with E-state index >= 15 is 0 Å². The maximum Gasteiger partial charge on any atom is 0.407 e. The molecule has 2 N–H and O–H groups in total. The Labute approximate surface area is 177 Å². The Morgan fingerprint density at radius 2 is 1.57 bits per heavy atom. The maximum atomic E-state index is 12.4. The second-order valence-electron chi connectivity index (χ2n) is 8.72. The van der Waals surface area contributed by atoms with E-state index in [1.54, 1.807) is 0 Å². The molecule has 2 aliphatic carbocycles. The van der Waals surface area contributed by atoms with Gasteiger partial charge in [0, 0.05) is 5.92 Å². The van der Waals surface area contributed by atoms with E-state index < -0.39 is 18.1 Å². The quantitative estimate of drug-likeness (QED) is 0.691. The van der Waals surface area contributed by atoms with Crippen molar-refractivity contribution in [1.29, 1.82) is 0 Å². The Hall–Kier alpha value is -2.82. The van der Waals surface area contributed by atoms with E-state index in [9.17, 15) is 14.7 Å². The maximum absolute atomic E-state index is 12.4. The Kier molecular flexibility index (Phi) is 6.07. The average molecular weight is 408 g/mol. The normalized spacial score (nSPS) is 21.4. The van der Waals surface area contributed by atoms with Gasteiger partial charge in [0.25, 0.3) is 0 Å². The highest BCUT2D eigenvalue weighted by Gasteiger charge is 2.31. The van der Waals surface area contributed by atoms with Crippen LogP contribution in [-0.4, -0.2) is 29.8 Å². The second-order valence-corrected chi connectivity index (χ2v) is 8.72. The summed E-state index contributed by atoms with van der Waals surface area (Å²) in [5.41, 5.74) is 4.60. The first-order valence-electron chi connectivity index (χ1n) is 10.9. The molecular formula is C25H29NO4. The standard InChI is InChI=1S/C25H29NO4/c1-16-10-12-17(13-11-16)14-23(24(27)28)26-25(29)30-15-22-20-8-4-2-6-18(20)19-7-3-5-9-21(19)22/h2-9,16-17,22-23H,10-15H2,1H3,(H,26,29)(H,27,28)/t16?,17?,23-/m0/s1. The molecule has 2 aromatic carbocycles. The Balaban J connectivity index is 1.37. The van der Waals surface area contributed by atoms with Crippen LogP contribution in [0.5, 0.6) is 0 Å². The van der Waals surface area contributed by atoms with Crippen LogP contribution in [0.15, 0.2) is 48.5 Å². The van der Waals surface area contributed by atoms with E-state index in [1.165, 1.54) is 0 Å². The summed E-state index contributed by atoms with van der Waals surface area (Å²) in [6, 6.07) is 15.4. The van der Waals surface area contributed by atoms with Crippen LogP contribution in [0.2, 0.25) is 0 Å². The Bertz CT molecular complexity index is 871. The molecule has 0 bridgehead atoms. The molecule has 0 unspecified atom stereocenters. The van der Waals surface area contributed by atoms with Crippen LogP contribution in [-0.2, 0) is 9.53 Å². The lowest BCUT2D eigenvalue weighted by Gasteiger charge is -2.28. The zero-order valence-corrected chi connectivity index (χ0v) is 17.3. The predicted molar refractivity (Wildman–Crippen MR) is 115 cm³/mol. The van der Waals surface area contributed by atoms with Gasteiger partial charge in [-0.3, -0.25) is 0 Å². The molecule has 0 spiro atoms. The number of aliphatic carboxylic acids is 1. The number of rotatable bonds is 6. The number of hydrogen-bond acceptors (Lipinski definition) is 3. The lowest BCUT2D eigenvalue weighted by Crippen LogP contribution is -2.43. The zero-order chi connectivity index (χ0) is 21.1. The summed E-state index contributed by atoms with van der Waals surface area (Å²) in [4.78, 5) is 24.1. The lowest BCUT2D eigenvalue weighted by molar-refractivity contribution is -0.139. The van der Waals surface area contributed by atoms with Gasteiger partial charge < -0.3 is 15.2 Å². The van der Waals surface area contributed by atoms with Crippen molar-refractivity contribution >= 4 is 12.1 Å². The highest BCUT2D eigenvalue weighted by molar-refractivity contribution is 5.81. The minimum Gasteiger partial charge on any atom is -0.480 e. The van der Waals surface area contributed by atoms with Gasteiger partial charge in [0.2, 0.25) is 0 Å². The molecule has 1 amide bonds. The van der Waals surface area contributed by atoms with Gasteiger partial charge in [-0.05, 0) is 40.5 Å². The molecule has 30 heavy (non-hydrogen) atoms. The first-order chi connectivity index (χ1) is 14.5. The van der Waals surface area contributed by atoms with Crippen molar-refractivity contribution in [3.63, 3.8) is 0 Å². The number of alkyl carbamates (subject to hydrolysis) is 1. The van der Waals surface area contributed by atoms with Gasteiger partial charge in [-0.2, -0.15) is 0 Å². The SMILES string of the molecule is CC1CCC(C[C@H](NC(=O)OCC2c3ccccc3-c3ccccc32)C(=O)O)CC1. The summed E-state index contributed by atoms with van der Waals surface area (Å²) in [7, 11) is 0. The fourth-order valence-electron chi connectivity index (χ4n) is 4.90. The van der Waals surface area contributed by atoms with Gasteiger partial charge >= 0.3 is 12.1 Å². The topological polar surface area (TPSA) is 75.6 Å². The minimum absolute atomic E-state index is 0.0359. The molecular weight excluding hydrogens is 378 g/mol. The molecule has 5 nitrogen and oxygen atoms in total.